The minimum Gasteiger partial charge on any atom is -0.507 e. The van der Waals surface area contributed by atoms with Crippen LogP contribution < -0.4 is 10.6 Å². The molecule has 2 atom stereocenters. The lowest BCUT2D eigenvalue weighted by Gasteiger charge is -2.35. The van der Waals surface area contributed by atoms with Crippen molar-refractivity contribution < 1.29 is 10.2 Å². The molecule has 4 N–H and O–H groups in total. The van der Waals surface area contributed by atoms with Gasteiger partial charge in [0.2, 0.25) is 0 Å². The highest BCUT2D eigenvalue weighted by Gasteiger charge is 2.35. The van der Waals surface area contributed by atoms with E-state index in [2.05, 4.69) is 141 Å². The molecule has 4 aromatic rings. The van der Waals surface area contributed by atoms with Gasteiger partial charge in [0.15, 0.2) is 0 Å². The molecule has 6 heteroatoms. The quantitative estimate of drug-likeness (QED) is 0.147. The van der Waals surface area contributed by atoms with Gasteiger partial charge >= 0.3 is 0 Å². The van der Waals surface area contributed by atoms with E-state index >= 15 is 0 Å². The van der Waals surface area contributed by atoms with E-state index in [0.29, 0.717) is 17.9 Å². The molecule has 4 aromatic carbocycles. The number of rotatable bonds is 8. The van der Waals surface area contributed by atoms with Gasteiger partial charge in [-0.2, -0.15) is 0 Å². The smallest absolute Gasteiger partial charge is 0.125 e. The van der Waals surface area contributed by atoms with E-state index < -0.39 is 0 Å². The molecule has 0 saturated carbocycles. The molecule has 2 unspecified atom stereocenters. The fourth-order valence-corrected chi connectivity index (χ4v) is 10.5. The number of phenols is 2. The second-order valence-electron chi connectivity index (χ2n) is 17.8. The number of anilines is 2. The number of fused-ring (bicyclic) bond motifs is 2. The predicted octanol–water partition coefficient (Wildman–Crippen LogP) is 12.5. The maximum absolute atomic E-state index is 12.1. The Morgan fingerprint density at radius 2 is 0.918 bits per heavy atom. The van der Waals surface area contributed by atoms with Crippen molar-refractivity contribution in [3.05, 3.63) is 106 Å². The molecule has 0 spiro atoms. The minimum absolute atomic E-state index is 0.111. The zero-order valence-electron chi connectivity index (χ0n) is 30.9. The lowest BCUT2D eigenvalue weighted by Crippen LogP contribution is -2.26. The first kappa shape index (κ1) is 35.6. The third kappa shape index (κ3) is 7.76. The summed E-state index contributed by atoms with van der Waals surface area (Å²) in [7, 11) is 0. The largest absolute Gasteiger partial charge is 0.507 e. The van der Waals surface area contributed by atoms with Crippen LogP contribution in [0.5, 0.6) is 11.5 Å². The SMILES string of the molecule is CC(C)(C)CC(C)(C)c1cc(Cc2cc(C(C)(C)CC(C)(C)C)cc(C3Nc4ccccc4S3)c2O)c(O)c(C2Nc3ccccc3S2)c1. The summed E-state index contributed by atoms with van der Waals surface area (Å²) < 4.78 is 0. The summed E-state index contributed by atoms with van der Waals surface area (Å²) in [5.41, 5.74) is 8.05. The zero-order valence-corrected chi connectivity index (χ0v) is 32.5. The van der Waals surface area contributed by atoms with Crippen LogP contribution in [0.25, 0.3) is 0 Å². The van der Waals surface area contributed by atoms with Crippen LogP contribution in [0, 0.1) is 10.8 Å². The van der Waals surface area contributed by atoms with Crippen LogP contribution in [0.4, 0.5) is 11.4 Å². The van der Waals surface area contributed by atoms with Crippen LogP contribution in [-0.4, -0.2) is 10.2 Å². The third-order valence-electron chi connectivity index (χ3n) is 9.73. The Morgan fingerprint density at radius 1 is 0.551 bits per heavy atom. The molecule has 4 nitrogen and oxygen atoms in total. The topological polar surface area (TPSA) is 64.5 Å². The van der Waals surface area contributed by atoms with Crippen molar-refractivity contribution in [2.45, 2.75) is 120 Å². The van der Waals surface area contributed by atoms with Crippen molar-refractivity contribution >= 4 is 34.9 Å². The Balaban J connectivity index is 1.47. The van der Waals surface area contributed by atoms with Gasteiger partial charge in [0.05, 0.1) is 0 Å². The molecule has 0 bridgehead atoms. The van der Waals surface area contributed by atoms with Crippen LogP contribution in [0.15, 0.2) is 82.6 Å². The first-order valence-corrected chi connectivity index (χ1v) is 19.3. The van der Waals surface area contributed by atoms with E-state index in [4.69, 9.17) is 0 Å². The lowest BCUT2D eigenvalue weighted by molar-refractivity contribution is 0.283. The van der Waals surface area contributed by atoms with Gasteiger partial charge in [-0.15, -0.1) is 0 Å². The third-order valence-corrected chi connectivity index (χ3v) is 12.2. The minimum atomic E-state index is -0.133. The monoisotopic (exact) mass is 694 g/mol. The number of benzene rings is 4. The summed E-state index contributed by atoms with van der Waals surface area (Å²) >= 11 is 3.49. The first-order valence-electron chi connectivity index (χ1n) is 17.6. The van der Waals surface area contributed by atoms with Crippen molar-refractivity contribution in [3.63, 3.8) is 0 Å². The maximum atomic E-state index is 12.1. The van der Waals surface area contributed by atoms with E-state index in [9.17, 15) is 10.2 Å². The zero-order chi connectivity index (χ0) is 35.5. The molecule has 2 heterocycles. The van der Waals surface area contributed by atoms with Crippen LogP contribution in [0.3, 0.4) is 0 Å². The van der Waals surface area contributed by atoms with Crippen molar-refractivity contribution in [1.29, 1.82) is 0 Å². The summed E-state index contributed by atoms with van der Waals surface area (Å²) in [6, 6.07) is 25.5. The molecule has 0 saturated heterocycles. The number of para-hydroxylation sites is 2. The number of aromatic hydroxyl groups is 2. The summed E-state index contributed by atoms with van der Waals surface area (Å²) in [6.45, 7) is 23.0. The molecular formula is C43H54N2O2S2. The van der Waals surface area contributed by atoms with E-state index in [0.717, 1.165) is 46.5 Å². The highest BCUT2D eigenvalue weighted by molar-refractivity contribution is 8.00. The van der Waals surface area contributed by atoms with Gasteiger partial charge in [-0.3, -0.25) is 0 Å². The van der Waals surface area contributed by atoms with E-state index in [1.165, 1.54) is 20.9 Å². The summed E-state index contributed by atoms with van der Waals surface area (Å²) in [6.07, 6.45) is 2.41. The van der Waals surface area contributed by atoms with E-state index in [1.54, 1.807) is 23.5 Å². The van der Waals surface area contributed by atoms with Gasteiger partial charge in [0.1, 0.15) is 22.2 Å². The molecule has 0 aliphatic carbocycles. The fourth-order valence-electron chi connectivity index (χ4n) is 8.20. The Kier molecular flexibility index (Phi) is 9.32. The normalized spacial score (nSPS) is 17.8. The van der Waals surface area contributed by atoms with Crippen molar-refractivity contribution in [2.75, 3.05) is 10.6 Å². The molecular weight excluding hydrogens is 641 g/mol. The number of thioether (sulfide) groups is 2. The van der Waals surface area contributed by atoms with Crippen LogP contribution in [0.1, 0.15) is 126 Å². The maximum Gasteiger partial charge on any atom is 0.125 e. The molecule has 0 radical (unpaired) electrons. The second-order valence-corrected chi connectivity index (χ2v) is 20.1. The Labute approximate surface area is 302 Å². The predicted molar refractivity (Wildman–Crippen MR) is 211 cm³/mol. The standard InChI is InChI=1S/C43H54N2O2S2/c1-40(2,3)24-42(7,8)28-20-26(36(46)30(22-28)38-44-32-15-11-13-17-34(32)48-38)19-27-21-29(43(9,10)25-41(4,5)6)23-31(37(27)47)39-45-33-16-12-14-18-35(33)49-39/h11-18,20-23,38-39,44-47H,19,24-25H2,1-10H3. The fraction of sp³-hybridized carbons (Fsp3) is 0.442. The number of hydrogen-bond donors (Lipinski definition) is 4. The van der Waals surface area contributed by atoms with Crippen molar-refractivity contribution in [1.82, 2.24) is 0 Å². The summed E-state index contributed by atoms with van der Waals surface area (Å²) in [5, 5.41) is 31.4. The number of phenolic OH excluding ortho intramolecular Hbond substituents is 2. The van der Waals surface area contributed by atoms with Gasteiger partial charge in [0, 0.05) is 38.7 Å². The van der Waals surface area contributed by atoms with Crippen LogP contribution >= 0.6 is 23.5 Å². The average Bonchev–Trinajstić information content (AvgIpc) is 3.61. The van der Waals surface area contributed by atoms with Crippen LogP contribution in [0.2, 0.25) is 0 Å². The average molecular weight is 695 g/mol. The molecule has 49 heavy (non-hydrogen) atoms. The highest BCUT2D eigenvalue weighted by atomic mass is 32.2. The summed E-state index contributed by atoms with van der Waals surface area (Å²) in [4.78, 5) is 2.37. The number of nitrogens with one attached hydrogen (secondary N) is 2. The van der Waals surface area contributed by atoms with Gasteiger partial charge in [-0.05, 0) is 93.2 Å². The molecule has 0 aromatic heterocycles. The van der Waals surface area contributed by atoms with Crippen molar-refractivity contribution in [3.8, 4) is 11.5 Å². The van der Waals surface area contributed by atoms with Gasteiger partial charge in [0.25, 0.3) is 0 Å². The number of hydrogen-bond acceptors (Lipinski definition) is 6. The highest BCUT2D eigenvalue weighted by Crippen LogP contribution is 2.53. The molecule has 2 aliphatic rings. The Bertz CT molecular complexity index is 1680. The van der Waals surface area contributed by atoms with Crippen LogP contribution in [-0.2, 0) is 17.3 Å². The van der Waals surface area contributed by atoms with Gasteiger partial charge in [-0.25, -0.2) is 0 Å². The van der Waals surface area contributed by atoms with Gasteiger partial charge < -0.3 is 20.8 Å². The van der Waals surface area contributed by atoms with E-state index in [-0.39, 0.29) is 32.4 Å². The molecule has 2 aliphatic heterocycles. The van der Waals surface area contributed by atoms with Gasteiger partial charge in [-0.1, -0.05) is 129 Å². The Hall–Kier alpha value is -3.22. The first-order chi connectivity index (χ1) is 22.8. The van der Waals surface area contributed by atoms with E-state index in [1.807, 2.05) is 12.1 Å². The Morgan fingerprint density at radius 3 is 1.27 bits per heavy atom. The second kappa shape index (κ2) is 12.8. The lowest BCUT2D eigenvalue weighted by atomic mass is 9.71. The summed E-state index contributed by atoms with van der Waals surface area (Å²) in [5.74, 6) is 0.600. The molecule has 0 amide bonds. The molecule has 0 fully saturated rings. The molecule has 260 valence electrons. The van der Waals surface area contributed by atoms with Crippen molar-refractivity contribution in [2.24, 2.45) is 10.8 Å². The molecule has 6 rings (SSSR count).